The molecule has 0 saturated carbocycles. The van der Waals surface area contributed by atoms with E-state index in [1.165, 1.54) is 12.7 Å². The van der Waals surface area contributed by atoms with Crippen LogP contribution in [0.4, 0.5) is 0 Å². The summed E-state index contributed by atoms with van der Waals surface area (Å²) >= 11 is 0. The van der Waals surface area contributed by atoms with Crippen molar-refractivity contribution in [2.45, 2.75) is 13.1 Å². The van der Waals surface area contributed by atoms with E-state index in [1.54, 1.807) is 0 Å². The lowest BCUT2D eigenvalue weighted by molar-refractivity contribution is -0.885. The van der Waals surface area contributed by atoms with E-state index in [4.69, 9.17) is 4.43 Å². The van der Waals surface area contributed by atoms with Gasteiger partial charge in [-0.1, -0.05) is 0 Å². The minimum Gasteiger partial charge on any atom is -0.405 e. The molecule has 1 heterocycles. The van der Waals surface area contributed by atoms with E-state index in [-0.39, 0.29) is 0 Å². The quantitative estimate of drug-likeness (QED) is 0.377. The van der Waals surface area contributed by atoms with Crippen LogP contribution >= 0.6 is 0 Å². The second-order valence-corrected chi connectivity index (χ2v) is 8.55. The molecule has 0 aromatic heterocycles. The lowest BCUT2D eigenvalue weighted by atomic mass is 10.5. The third-order valence-corrected chi connectivity index (χ3v) is 4.60. The molecule has 1 aliphatic rings. The van der Waals surface area contributed by atoms with Crippen LogP contribution in [0.2, 0.25) is 13.1 Å². The highest BCUT2D eigenvalue weighted by Crippen LogP contribution is 2.15. The van der Waals surface area contributed by atoms with Crippen molar-refractivity contribution in [2.75, 3.05) is 33.4 Å². The SMILES string of the molecule is C[N+]1(C)CCO[Si](C)(C)C1. The maximum Gasteiger partial charge on any atom is 0.245 e. The van der Waals surface area contributed by atoms with E-state index in [0.717, 1.165) is 11.1 Å². The molecule has 0 N–H and O–H groups in total. The van der Waals surface area contributed by atoms with Gasteiger partial charge >= 0.3 is 0 Å². The summed E-state index contributed by atoms with van der Waals surface area (Å²) in [7, 11) is 3.32. The van der Waals surface area contributed by atoms with Crippen LogP contribution < -0.4 is 0 Å². The van der Waals surface area contributed by atoms with Crippen molar-refractivity contribution in [2.24, 2.45) is 0 Å². The lowest BCUT2D eigenvalue weighted by Crippen LogP contribution is -2.59. The van der Waals surface area contributed by atoms with Gasteiger partial charge in [0.1, 0.15) is 6.54 Å². The monoisotopic (exact) mass is 160 g/mol. The number of likely N-dealkylation sites (N-methyl/N-ethyl adjacent to an activating group) is 1. The molecular weight excluding hydrogens is 142 g/mol. The Morgan fingerprint density at radius 1 is 1.30 bits per heavy atom. The van der Waals surface area contributed by atoms with E-state index in [0.29, 0.717) is 0 Å². The van der Waals surface area contributed by atoms with Gasteiger partial charge in [-0.05, 0) is 13.1 Å². The fraction of sp³-hybridized carbons (Fsp3) is 1.00. The molecule has 0 radical (unpaired) electrons. The summed E-state index contributed by atoms with van der Waals surface area (Å²) in [5, 5.41) is 0. The summed E-state index contributed by atoms with van der Waals surface area (Å²) in [5.41, 5.74) is 0. The van der Waals surface area contributed by atoms with Gasteiger partial charge in [0.05, 0.1) is 26.9 Å². The average molecular weight is 160 g/mol. The molecule has 1 fully saturated rings. The smallest absolute Gasteiger partial charge is 0.245 e. The Balaban J connectivity index is 2.56. The standard InChI is InChI=1S/C7H18NOSi/c1-8(2)5-6-9-10(3,4)7-8/h5-7H2,1-4H3/q+1. The van der Waals surface area contributed by atoms with Crippen molar-refractivity contribution in [1.82, 2.24) is 0 Å². The molecule has 0 aliphatic carbocycles. The van der Waals surface area contributed by atoms with Gasteiger partial charge in [-0.15, -0.1) is 0 Å². The van der Waals surface area contributed by atoms with Crippen molar-refractivity contribution in [3.05, 3.63) is 0 Å². The minimum atomic E-state index is -1.25. The zero-order valence-corrected chi connectivity index (χ0v) is 8.48. The summed E-state index contributed by atoms with van der Waals surface area (Å²) in [6.45, 7) is 6.74. The Morgan fingerprint density at radius 3 is 2.20 bits per heavy atom. The van der Waals surface area contributed by atoms with Crippen LogP contribution in [0.15, 0.2) is 0 Å². The first-order valence-electron chi connectivity index (χ1n) is 3.87. The third-order valence-electron chi connectivity index (χ3n) is 2.00. The van der Waals surface area contributed by atoms with Gasteiger partial charge in [0.2, 0.25) is 8.32 Å². The average Bonchev–Trinajstić information content (AvgIpc) is 1.56. The van der Waals surface area contributed by atoms with Crippen LogP contribution in [0, 0.1) is 0 Å². The van der Waals surface area contributed by atoms with Crippen LogP contribution in [-0.4, -0.2) is 46.2 Å². The van der Waals surface area contributed by atoms with E-state index in [9.17, 15) is 0 Å². The zero-order chi connectivity index (χ0) is 7.83. The topological polar surface area (TPSA) is 9.23 Å². The molecule has 0 spiro atoms. The second-order valence-electron chi connectivity index (χ2n) is 4.43. The van der Waals surface area contributed by atoms with Crippen LogP contribution in [0.25, 0.3) is 0 Å². The molecule has 10 heavy (non-hydrogen) atoms. The Labute approximate surface area is 64.5 Å². The Morgan fingerprint density at radius 2 is 1.90 bits per heavy atom. The number of rotatable bonds is 0. The van der Waals surface area contributed by atoms with E-state index < -0.39 is 8.32 Å². The van der Waals surface area contributed by atoms with Crippen molar-refractivity contribution < 1.29 is 8.91 Å². The predicted molar refractivity (Wildman–Crippen MR) is 45.3 cm³/mol. The van der Waals surface area contributed by atoms with Gasteiger partial charge in [-0.2, -0.15) is 0 Å². The fourth-order valence-corrected chi connectivity index (χ4v) is 4.68. The number of quaternary nitrogens is 1. The number of hydrogen-bond acceptors (Lipinski definition) is 1. The Kier molecular flexibility index (Phi) is 1.91. The molecule has 0 amide bonds. The van der Waals surface area contributed by atoms with Crippen LogP contribution in [0.3, 0.4) is 0 Å². The van der Waals surface area contributed by atoms with Gasteiger partial charge < -0.3 is 8.91 Å². The summed E-state index contributed by atoms with van der Waals surface area (Å²) in [5.74, 6) is 0. The molecule has 60 valence electrons. The molecule has 0 aromatic rings. The normalized spacial score (nSPS) is 30.0. The maximum absolute atomic E-state index is 5.72. The first-order chi connectivity index (χ1) is 4.41. The highest BCUT2D eigenvalue weighted by molar-refractivity contribution is 6.71. The molecule has 1 rings (SSSR count). The van der Waals surface area contributed by atoms with Crippen LogP contribution in [0.1, 0.15) is 0 Å². The van der Waals surface area contributed by atoms with Crippen molar-refractivity contribution in [3.8, 4) is 0 Å². The Hall–Kier alpha value is 0.137. The van der Waals surface area contributed by atoms with E-state index in [2.05, 4.69) is 27.2 Å². The van der Waals surface area contributed by atoms with E-state index >= 15 is 0 Å². The molecule has 0 aromatic carbocycles. The van der Waals surface area contributed by atoms with E-state index in [1.807, 2.05) is 0 Å². The molecule has 0 atom stereocenters. The lowest BCUT2D eigenvalue weighted by Gasteiger charge is -2.40. The third kappa shape index (κ3) is 2.07. The van der Waals surface area contributed by atoms with Gasteiger partial charge in [-0.3, -0.25) is 0 Å². The summed E-state index contributed by atoms with van der Waals surface area (Å²) < 4.78 is 6.88. The Bertz CT molecular complexity index is 120. The van der Waals surface area contributed by atoms with Crippen LogP contribution in [0.5, 0.6) is 0 Å². The highest BCUT2D eigenvalue weighted by atomic mass is 28.4. The largest absolute Gasteiger partial charge is 0.405 e. The summed E-state index contributed by atoms with van der Waals surface area (Å²) in [4.78, 5) is 0. The molecule has 1 aliphatic heterocycles. The minimum absolute atomic E-state index is 0.965. The summed E-state index contributed by atoms with van der Waals surface area (Å²) in [6, 6.07) is 0. The van der Waals surface area contributed by atoms with Gasteiger partial charge in [-0.25, -0.2) is 0 Å². The second kappa shape index (κ2) is 2.32. The maximum atomic E-state index is 5.72. The molecule has 1 saturated heterocycles. The first kappa shape index (κ1) is 8.24. The predicted octanol–water partition coefficient (Wildman–Crippen LogP) is 0.837. The highest BCUT2D eigenvalue weighted by Gasteiger charge is 2.36. The van der Waals surface area contributed by atoms with Crippen LogP contribution in [-0.2, 0) is 4.43 Å². The molecule has 0 bridgehead atoms. The number of hydrogen-bond donors (Lipinski definition) is 0. The molecule has 2 nitrogen and oxygen atoms in total. The van der Waals surface area contributed by atoms with Crippen molar-refractivity contribution in [1.29, 1.82) is 0 Å². The molecule has 0 unspecified atom stereocenters. The number of nitrogens with zero attached hydrogens (tertiary/aromatic N) is 1. The fourth-order valence-electron chi connectivity index (χ4n) is 1.72. The molecule has 3 heteroatoms. The van der Waals surface area contributed by atoms with Crippen molar-refractivity contribution in [3.63, 3.8) is 0 Å². The van der Waals surface area contributed by atoms with Gasteiger partial charge in [0, 0.05) is 0 Å². The summed E-state index contributed by atoms with van der Waals surface area (Å²) in [6.07, 6.45) is 1.26. The molecular formula is C7H18NOSi+. The van der Waals surface area contributed by atoms with Gasteiger partial charge in [0.25, 0.3) is 0 Å². The first-order valence-corrected chi connectivity index (χ1v) is 6.99. The van der Waals surface area contributed by atoms with Crippen molar-refractivity contribution >= 4 is 8.32 Å². The van der Waals surface area contributed by atoms with Gasteiger partial charge in [0.15, 0.2) is 0 Å². The zero-order valence-electron chi connectivity index (χ0n) is 7.48.